The molecule has 0 N–H and O–H groups in total. The summed E-state index contributed by atoms with van der Waals surface area (Å²) in [5.41, 5.74) is 0. The van der Waals surface area contributed by atoms with E-state index < -0.39 is 7.94 Å². The smallest absolute Gasteiger partial charge is 0.257 e. The van der Waals surface area contributed by atoms with Crippen molar-refractivity contribution < 1.29 is 9.32 Å². The van der Waals surface area contributed by atoms with Gasteiger partial charge in [-0.05, 0) is 38.5 Å². The standard InChI is InChI=1S/C13H25N3O2P/c17-13-18-19(14-7-1-2-8-14,15-9-3-4-10-15)16-11-5-6-12-16/h13H,1-12H2/q+1. The van der Waals surface area contributed by atoms with Crippen molar-refractivity contribution in [1.29, 1.82) is 0 Å². The van der Waals surface area contributed by atoms with Gasteiger partial charge in [-0.1, -0.05) is 0 Å². The minimum Gasteiger partial charge on any atom is -0.257 e. The van der Waals surface area contributed by atoms with Gasteiger partial charge in [0.05, 0.1) is 0 Å². The molecule has 0 atom stereocenters. The Hall–Kier alpha value is -0.220. The molecule has 3 aliphatic heterocycles. The molecule has 0 aromatic heterocycles. The van der Waals surface area contributed by atoms with Gasteiger partial charge in [0.25, 0.3) is 0 Å². The van der Waals surface area contributed by atoms with Crippen LogP contribution in [0.4, 0.5) is 0 Å². The first-order valence-corrected chi connectivity index (χ1v) is 9.22. The van der Waals surface area contributed by atoms with E-state index in [2.05, 4.69) is 14.0 Å². The van der Waals surface area contributed by atoms with Crippen LogP contribution in [0.5, 0.6) is 0 Å². The molecule has 0 radical (unpaired) electrons. The van der Waals surface area contributed by atoms with Crippen LogP contribution in [0.1, 0.15) is 38.5 Å². The number of nitrogens with zero attached hydrogens (tertiary/aromatic N) is 3. The van der Waals surface area contributed by atoms with Gasteiger partial charge in [0.15, 0.2) is 0 Å². The average molecular weight is 286 g/mol. The molecule has 19 heavy (non-hydrogen) atoms. The second-order valence-electron chi connectivity index (χ2n) is 5.70. The van der Waals surface area contributed by atoms with Crippen LogP contribution >= 0.6 is 7.94 Å². The Morgan fingerprint density at radius 1 is 0.684 bits per heavy atom. The van der Waals surface area contributed by atoms with E-state index in [4.69, 9.17) is 4.52 Å². The van der Waals surface area contributed by atoms with E-state index in [0.717, 1.165) is 39.3 Å². The van der Waals surface area contributed by atoms with E-state index >= 15 is 0 Å². The lowest BCUT2D eigenvalue weighted by Gasteiger charge is -2.39. The summed E-state index contributed by atoms with van der Waals surface area (Å²) in [4.78, 5) is 11.2. The molecule has 108 valence electrons. The summed E-state index contributed by atoms with van der Waals surface area (Å²) < 4.78 is 13.4. The van der Waals surface area contributed by atoms with E-state index in [1.807, 2.05) is 0 Å². The molecule has 0 aromatic carbocycles. The highest BCUT2D eigenvalue weighted by atomic mass is 31.2. The van der Waals surface area contributed by atoms with Crippen molar-refractivity contribution in [2.24, 2.45) is 0 Å². The molecule has 3 aliphatic rings. The SMILES string of the molecule is O=CO[P+](N1CCCC1)(N1CCCC1)N1CCCC1. The average Bonchev–Trinajstić information content (AvgIpc) is 3.18. The zero-order chi connectivity index (χ0) is 13.1. The highest BCUT2D eigenvalue weighted by Gasteiger charge is 2.62. The summed E-state index contributed by atoms with van der Waals surface area (Å²) in [5.74, 6) is 0. The molecule has 0 aromatic rings. The summed E-state index contributed by atoms with van der Waals surface area (Å²) in [6.07, 6.45) is 7.45. The van der Waals surface area contributed by atoms with Crippen molar-refractivity contribution in [3.63, 3.8) is 0 Å². The van der Waals surface area contributed by atoms with Gasteiger partial charge in [-0.25, -0.2) is 0 Å². The molecule has 3 rings (SSSR count). The van der Waals surface area contributed by atoms with Crippen LogP contribution in [-0.4, -0.2) is 59.8 Å². The van der Waals surface area contributed by atoms with Crippen molar-refractivity contribution in [3.05, 3.63) is 0 Å². The molecule has 0 aliphatic carbocycles. The topological polar surface area (TPSA) is 36.0 Å². The first-order valence-electron chi connectivity index (χ1n) is 7.65. The van der Waals surface area contributed by atoms with Gasteiger partial charge in [-0.3, -0.25) is 9.32 Å². The Labute approximate surface area is 116 Å². The van der Waals surface area contributed by atoms with E-state index in [1.165, 1.54) is 38.5 Å². The summed E-state index contributed by atoms with van der Waals surface area (Å²) in [5, 5.41) is 0. The number of hydrogen-bond acceptors (Lipinski definition) is 5. The summed E-state index contributed by atoms with van der Waals surface area (Å²) in [7, 11) is -2.01. The van der Waals surface area contributed by atoms with Crippen LogP contribution in [0, 0.1) is 0 Å². The molecular weight excluding hydrogens is 261 g/mol. The monoisotopic (exact) mass is 286 g/mol. The second kappa shape index (κ2) is 6.04. The lowest BCUT2D eigenvalue weighted by atomic mass is 10.4. The number of hydrogen-bond donors (Lipinski definition) is 0. The molecule has 0 saturated carbocycles. The van der Waals surface area contributed by atoms with E-state index in [9.17, 15) is 4.79 Å². The molecule has 3 fully saturated rings. The predicted octanol–water partition coefficient (Wildman–Crippen LogP) is 2.12. The van der Waals surface area contributed by atoms with Gasteiger partial charge in [0.2, 0.25) is 0 Å². The predicted molar refractivity (Wildman–Crippen MR) is 76.5 cm³/mol. The van der Waals surface area contributed by atoms with Crippen molar-refractivity contribution in [2.75, 3.05) is 39.3 Å². The molecule has 6 heteroatoms. The Morgan fingerprint density at radius 2 is 1.00 bits per heavy atom. The van der Waals surface area contributed by atoms with Crippen LogP contribution in [0.25, 0.3) is 0 Å². The van der Waals surface area contributed by atoms with Crippen LogP contribution in [0.2, 0.25) is 0 Å². The van der Waals surface area contributed by atoms with Crippen LogP contribution in [-0.2, 0) is 9.32 Å². The molecule has 0 bridgehead atoms. The Balaban J connectivity index is 1.90. The van der Waals surface area contributed by atoms with Crippen molar-refractivity contribution >= 4 is 14.4 Å². The van der Waals surface area contributed by atoms with Gasteiger partial charge in [-0.15, -0.1) is 14.0 Å². The highest BCUT2D eigenvalue weighted by Crippen LogP contribution is 2.70. The quantitative estimate of drug-likeness (QED) is 0.571. The van der Waals surface area contributed by atoms with Gasteiger partial charge >= 0.3 is 14.4 Å². The maximum absolute atomic E-state index is 11.2. The van der Waals surface area contributed by atoms with E-state index in [1.54, 1.807) is 0 Å². The molecule has 3 saturated heterocycles. The molecule has 3 heterocycles. The van der Waals surface area contributed by atoms with Crippen molar-refractivity contribution in [3.8, 4) is 0 Å². The highest BCUT2D eigenvalue weighted by molar-refractivity contribution is 7.64. The Morgan fingerprint density at radius 3 is 1.26 bits per heavy atom. The fourth-order valence-corrected chi connectivity index (χ4v) is 7.68. The van der Waals surface area contributed by atoms with Crippen molar-refractivity contribution in [2.45, 2.75) is 38.5 Å². The number of carbonyl (C=O) groups is 1. The zero-order valence-electron chi connectivity index (χ0n) is 11.7. The Bertz CT molecular complexity index is 270. The zero-order valence-corrected chi connectivity index (χ0v) is 12.6. The van der Waals surface area contributed by atoms with Gasteiger partial charge in [0, 0.05) is 39.3 Å². The lowest BCUT2D eigenvalue weighted by molar-refractivity contribution is -0.121. The van der Waals surface area contributed by atoms with Crippen LogP contribution < -0.4 is 0 Å². The fraction of sp³-hybridized carbons (Fsp3) is 0.923. The number of carbonyl (C=O) groups excluding carboxylic acids is 1. The molecular formula is C13H25N3O2P+. The van der Waals surface area contributed by atoms with Gasteiger partial charge < -0.3 is 0 Å². The minimum absolute atomic E-state index is 0.711. The lowest BCUT2D eigenvalue weighted by Crippen LogP contribution is -2.43. The first kappa shape index (κ1) is 13.7. The summed E-state index contributed by atoms with van der Waals surface area (Å²) in [6.45, 7) is 7.26. The number of rotatable bonds is 5. The molecule has 0 spiro atoms. The van der Waals surface area contributed by atoms with Gasteiger partial charge in [0.1, 0.15) is 0 Å². The first-order chi connectivity index (χ1) is 9.38. The van der Waals surface area contributed by atoms with Crippen LogP contribution in [0.3, 0.4) is 0 Å². The maximum Gasteiger partial charge on any atom is 0.421 e. The fourth-order valence-electron chi connectivity index (χ4n) is 3.68. The van der Waals surface area contributed by atoms with Crippen LogP contribution in [0.15, 0.2) is 0 Å². The molecule has 0 unspecified atom stereocenters. The third kappa shape index (κ3) is 2.42. The second-order valence-corrected chi connectivity index (χ2v) is 8.63. The third-order valence-electron chi connectivity index (χ3n) is 4.54. The van der Waals surface area contributed by atoms with Gasteiger partial charge in [-0.2, -0.15) is 0 Å². The molecule has 0 amide bonds. The van der Waals surface area contributed by atoms with E-state index in [-0.39, 0.29) is 0 Å². The van der Waals surface area contributed by atoms with Crippen molar-refractivity contribution in [1.82, 2.24) is 14.0 Å². The van der Waals surface area contributed by atoms with E-state index in [0.29, 0.717) is 6.47 Å². The minimum atomic E-state index is -2.01. The normalized spacial score (nSPS) is 27.2. The summed E-state index contributed by atoms with van der Waals surface area (Å²) in [6, 6.07) is 0. The largest absolute Gasteiger partial charge is 0.421 e. The molecule has 5 nitrogen and oxygen atoms in total. The maximum atomic E-state index is 11.2. The summed E-state index contributed by atoms with van der Waals surface area (Å²) >= 11 is 0. The third-order valence-corrected chi connectivity index (χ3v) is 8.32. The Kier molecular flexibility index (Phi) is 4.37.